The maximum Gasteiger partial charge on any atom is 0.373 e. The highest BCUT2D eigenvalue weighted by atomic mass is 16.2. The Morgan fingerprint density at radius 1 is 0.210 bits per heavy atom. The average molecular weight is 1710 g/mol. The second-order valence-electron chi connectivity index (χ2n) is 33.0. The van der Waals surface area contributed by atoms with Crippen LogP contribution in [0.25, 0.3) is 0 Å². The van der Waals surface area contributed by atoms with Crippen molar-refractivity contribution < 1.29 is 57.5 Å². The molecule has 0 radical (unpaired) electrons. The van der Waals surface area contributed by atoms with Gasteiger partial charge in [-0.1, -0.05) is 365 Å². The van der Waals surface area contributed by atoms with Crippen LogP contribution < -0.4 is 0 Å². The highest BCUT2D eigenvalue weighted by Gasteiger charge is 2.26. The number of allylic oxidation sites excluding steroid dienone is 12. The van der Waals surface area contributed by atoms with Gasteiger partial charge in [0.05, 0.1) is 0 Å². The lowest BCUT2D eigenvalue weighted by molar-refractivity contribution is -0.193. The van der Waals surface area contributed by atoms with Crippen molar-refractivity contribution >= 4 is 48.2 Å². The van der Waals surface area contributed by atoms with E-state index in [0.29, 0.717) is 49.3 Å². The van der Waals surface area contributed by atoms with Crippen molar-refractivity contribution in [2.45, 2.75) is 414 Å². The van der Waals surface area contributed by atoms with Crippen LogP contribution in [0, 0.1) is 0 Å². The zero-order chi connectivity index (χ0) is 90.3. The molecule has 0 spiro atoms. The number of carbonyl (C=O) groups is 4. The summed E-state index contributed by atoms with van der Waals surface area (Å²) in [4.78, 5) is 122. The van der Waals surface area contributed by atoms with Crippen LogP contribution in [0.4, 0.5) is 0 Å². The monoisotopic (exact) mass is 1710 g/mol. The molecule has 4 aromatic carbocycles. The highest BCUT2D eigenvalue weighted by Crippen LogP contribution is 2.28. The summed E-state index contributed by atoms with van der Waals surface area (Å²) in [5.41, 5.74) is 10.5. The molecule has 0 fully saturated rings. The first-order valence-corrected chi connectivity index (χ1v) is 48.2. The van der Waals surface area contributed by atoms with E-state index in [2.05, 4.69) is 198 Å². The lowest BCUT2D eigenvalue weighted by atomic mass is 10.1. The minimum atomic E-state index is 0.250. The summed E-state index contributed by atoms with van der Waals surface area (Å²) in [6.07, 6.45) is 92.5. The summed E-state index contributed by atoms with van der Waals surface area (Å²) in [7, 11) is 0. The maximum absolute atomic E-state index is 12.4. The number of carbonyl (C=O) groups excluding carboxylic acids is 12. The minimum absolute atomic E-state index is 0.250. The van der Waals surface area contributed by atoms with Crippen LogP contribution in [0.5, 0.6) is 0 Å². The number of nitrogens with zero attached hydrogens (tertiary/aromatic N) is 4. The molecule has 0 N–H and O–H groups in total. The van der Waals surface area contributed by atoms with Gasteiger partial charge >= 0.3 is 24.6 Å². The zero-order valence-corrected chi connectivity index (χ0v) is 77.3. The summed E-state index contributed by atoms with van der Waals surface area (Å²) in [6.45, 7) is 15.5. The number of rotatable bonds is 58. The van der Waals surface area contributed by atoms with Gasteiger partial charge < -0.3 is 19.6 Å². The fraction of sp³-hybridized carbons (Fsp3) is 0.593. The van der Waals surface area contributed by atoms with Crippen LogP contribution in [0.3, 0.4) is 0 Å². The quantitative estimate of drug-likeness (QED) is 0.0298. The molecule has 4 aliphatic rings. The van der Waals surface area contributed by atoms with E-state index in [1.807, 2.05) is 19.6 Å². The summed E-state index contributed by atoms with van der Waals surface area (Å²) >= 11 is 0. The molecule has 0 aliphatic carbocycles. The van der Waals surface area contributed by atoms with Gasteiger partial charge in [0.2, 0.25) is 23.6 Å². The molecule has 0 saturated carbocycles. The zero-order valence-electron chi connectivity index (χ0n) is 77.3. The third-order valence-corrected chi connectivity index (χ3v) is 22.8. The van der Waals surface area contributed by atoms with Crippen LogP contribution in [-0.2, 0) is 110 Å². The Balaban J connectivity index is 0.000000790. The van der Waals surface area contributed by atoms with E-state index in [4.69, 9.17) is 38.4 Å². The van der Waals surface area contributed by atoms with Gasteiger partial charge in [-0.15, -0.1) is 0 Å². The Bertz CT molecular complexity index is 3320. The number of fused-ring (bicyclic) bond motifs is 4. The van der Waals surface area contributed by atoms with Crippen LogP contribution in [0.2, 0.25) is 0 Å². The normalized spacial score (nSPS) is 12.5. The number of hydrogen-bond donors (Lipinski definition) is 0. The third kappa shape index (κ3) is 61.9. The topological polar surface area (TPSA) is 218 Å². The molecule has 0 aromatic heterocycles. The van der Waals surface area contributed by atoms with E-state index >= 15 is 0 Å². The van der Waals surface area contributed by atoms with Crippen molar-refractivity contribution in [3.8, 4) is 0 Å². The number of amides is 4. The van der Waals surface area contributed by atoms with Gasteiger partial charge in [-0.3, -0.25) is 19.2 Å². The molecule has 16 nitrogen and oxygen atoms in total. The van der Waals surface area contributed by atoms with Crippen LogP contribution in [0.1, 0.15) is 406 Å². The largest absolute Gasteiger partial charge is 0.373 e. The van der Waals surface area contributed by atoms with E-state index < -0.39 is 0 Å². The van der Waals surface area contributed by atoms with Crippen molar-refractivity contribution in [1.29, 1.82) is 0 Å². The molecule has 16 heteroatoms. The van der Waals surface area contributed by atoms with Gasteiger partial charge in [0.15, 0.2) is 0 Å². The number of hydrogen-bond acceptors (Lipinski definition) is 12. The Morgan fingerprint density at radius 3 is 0.508 bits per heavy atom. The SMILES string of the molecule is CCCCC/C=C\C/C=C\CCCCCCCC(=O)N1Cc2ccccc2C1.CCCCC/C=C\C/C=C\CCCCCCCC(=O)N1Cc2ccccc2C1.CCCCCCCC/C=C\CCCCCCCC(=O)N1Cc2ccccc2C1.CCCCCCCC/C=C\CCCCCCCC(=O)N1Cc2ccccc2C1.O=C=O.O=C=O.O=C=O.O=C=O. The van der Waals surface area contributed by atoms with Gasteiger partial charge in [0.25, 0.3) is 0 Å². The maximum atomic E-state index is 12.4. The smallest absolute Gasteiger partial charge is 0.334 e. The molecule has 4 aromatic rings. The lowest BCUT2D eigenvalue weighted by Gasteiger charge is -2.15. The molecule has 124 heavy (non-hydrogen) atoms. The summed E-state index contributed by atoms with van der Waals surface area (Å²) in [6, 6.07) is 33.6. The Labute approximate surface area is 749 Å². The molecule has 0 unspecified atom stereocenters. The first-order chi connectivity index (χ1) is 60.9. The minimum Gasteiger partial charge on any atom is -0.334 e. The molecule has 4 heterocycles. The van der Waals surface area contributed by atoms with E-state index in [1.165, 1.54) is 314 Å². The van der Waals surface area contributed by atoms with Crippen LogP contribution >= 0.6 is 0 Å². The Morgan fingerprint density at radius 2 is 0.339 bits per heavy atom. The first-order valence-electron chi connectivity index (χ1n) is 48.2. The molecule has 8 rings (SSSR count). The highest BCUT2D eigenvalue weighted by molar-refractivity contribution is 5.78. The predicted molar refractivity (Wildman–Crippen MR) is 500 cm³/mol. The van der Waals surface area contributed by atoms with E-state index in [1.54, 1.807) is 0 Å². The number of unbranched alkanes of at least 4 members (excludes halogenated alkanes) is 38. The van der Waals surface area contributed by atoms with E-state index in [-0.39, 0.29) is 24.6 Å². The van der Waals surface area contributed by atoms with Crippen molar-refractivity contribution in [3.63, 3.8) is 0 Å². The lowest BCUT2D eigenvalue weighted by Crippen LogP contribution is -2.24. The Kier molecular flexibility index (Phi) is 76.9. The molecular weight excluding hydrogens is 1550 g/mol. The van der Waals surface area contributed by atoms with Crippen LogP contribution in [-0.4, -0.2) is 67.8 Å². The van der Waals surface area contributed by atoms with Crippen LogP contribution in [0.15, 0.2) is 170 Å². The fourth-order valence-electron chi connectivity index (χ4n) is 15.5. The standard InChI is InChI=1S/2C26H41NO.2C26H39NO.4CO2/c4*1-2-3-4-5-6-7-8-9-10-11-12-13-14-15-16-21-26(28)27-22-24-19-17-18-20-25(24)23-27;4*2-1-3/h2*9-10,17-20H,2-8,11-16,21-23H2,1H3;2*6-7,9-10,17-20H,2-5,8,11-16,21-23H2,1H3;;;;/b2*10-9-;2*7-6-,10-9-;;;;. The van der Waals surface area contributed by atoms with Crippen molar-refractivity contribution in [1.82, 2.24) is 19.6 Å². The molecule has 0 atom stereocenters. The molecule has 684 valence electrons. The van der Waals surface area contributed by atoms with Crippen molar-refractivity contribution in [2.75, 3.05) is 0 Å². The van der Waals surface area contributed by atoms with E-state index in [9.17, 15) is 19.2 Å². The average Bonchev–Trinajstić information content (AvgIpc) is 1.72. The van der Waals surface area contributed by atoms with Gasteiger partial charge in [-0.2, -0.15) is 38.4 Å². The van der Waals surface area contributed by atoms with E-state index in [0.717, 1.165) is 90.9 Å². The van der Waals surface area contributed by atoms with Gasteiger partial charge in [0, 0.05) is 78.0 Å². The predicted octanol–water partition coefficient (Wildman–Crippen LogP) is 27.5. The fourth-order valence-corrected chi connectivity index (χ4v) is 15.5. The molecule has 0 bridgehead atoms. The second kappa shape index (κ2) is 84.6. The van der Waals surface area contributed by atoms with Gasteiger partial charge in [-0.25, -0.2) is 0 Å². The summed E-state index contributed by atoms with van der Waals surface area (Å²) in [5, 5.41) is 0. The Hall–Kier alpha value is -9.28. The number of benzene rings is 4. The summed E-state index contributed by atoms with van der Waals surface area (Å²) < 4.78 is 0. The molecule has 4 aliphatic heterocycles. The second-order valence-corrected chi connectivity index (χ2v) is 33.0. The van der Waals surface area contributed by atoms with Gasteiger partial charge in [-0.05, 0) is 186 Å². The first kappa shape index (κ1) is 113. The van der Waals surface area contributed by atoms with Gasteiger partial charge in [0.1, 0.15) is 0 Å². The third-order valence-electron chi connectivity index (χ3n) is 22.8. The molecule has 0 saturated heterocycles. The van der Waals surface area contributed by atoms with Crippen molar-refractivity contribution in [2.24, 2.45) is 0 Å². The van der Waals surface area contributed by atoms with Crippen molar-refractivity contribution in [3.05, 3.63) is 214 Å². The molecular formula is C108H160N4O12. The molecule has 4 amide bonds. The summed E-state index contributed by atoms with van der Waals surface area (Å²) in [5.74, 6) is 1.30.